The van der Waals surface area contributed by atoms with E-state index in [0.717, 1.165) is 16.8 Å². The molecule has 0 spiro atoms. The Kier molecular flexibility index (Phi) is 3.36. The Labute approximate surface area is 127 Å². The molecule has 0 bridgehead atoms. The van der Waals surface area contributed by atoms with Crippen LogP contribution in [-0.2, 0) is 16.6 Å². The van der Waals surface area contributed by atoms with Gasteiger partial charge in [-0.05, 0) is 36.8 Å². The molecule has 22 heavy (non-hydrogen) atoms. The number of aliphatic imine (C=N–C) groups is 1. The molecule has 0 fully saturated rings. The first-order valence-corrected chi connectivity index (χ1v) is 6.74. The van der Waals surface area contributed by atoms with Gasteiger partial charge in [-0.2, -0.15) is 5.26 Å². The molecule has 1 aromatic heterocycles. The summed E-state index contributed by atoms with van der Waals surface area (Å²) in [4.78, 5) is 16.2. The number of benzene rings is 1. The second-order valence-electron chi connectivity index (χ2n) is 4.94. The monoisotopic (exact) mass is 291 g/mol. The molecule has 1 aliphatic heterocycles. The van der Waals surface area contributed by atoms with Crippen molar-refractivity contribution in [1.82, 2.24) is 4.57 Å². The van der Waals surface area contributed by atoms with Crippen LogP contribution in [0.1, 0.15) is 22.5 Å². The highest BCUT2D eigenvalue weighted by atomic mass is 16.6. The van der Waals surface area contributed by atoms with E-state index in [0.29, 0.717) is 11.6 Å². The number of carbonyl (C=O) groups excluding carboxylic acids is 1. The van der Waals surface area contributed by atoms with Gasteiger partial charge in [-0.3, -0.25) is 0 Å². The van der Waals surface area contributed by atoms with Gasteiger partial charge >= 0.3 is 5.97 Å². The minimum atomic E-state index is -0.486. The van der Waals surface area contributed by atoms with E-state index in [1.165, 1.54) is 0 Å². The zero-order chi connectivity index (χ0) is 15.7. The van der Waals surface area contributed by atoms with Crippen LogP contribution in [0.2, 0.25) is 0 Å². The minimum Gasteiger partial charge on any atom is -0.402 e. The van der Waals surface area contributed by atoms with Crippen molar-refractivity contribution in [2.75, 3.05) is 0 Å². The summed E-state index contributed by atoms with van der Waals surface area (Å²) < 4.78 is 6.98. The van der Waals surface area contributed by atoms with E-state index in [-0.39, 0.29) is 5.70 Å². The van der Waals surface area contributed by atoms with E-state index in [4.69, 9.17) is 10.00 Å². The van der Waals surface area contributed by atoms with Crippen LogP contribution >= 0.6 is 0 Å². The Morgan fingerprint density at radius 3 is 2.68 bits per heavy atom. The number of hydrogen-bond acceptors (Lipinski definition) is 4. The predicted molar refractivity (Wildman–Crippen MR) is 81.9 cm³/mol. The molecule has 3 rings (SSSR count). The van der Waals surface area contributed by atoms with Gasteiger partial charge in [0.15, 0.2) is 5.70 Å². The Morgan fingerprint density at radius 2 is 2.05 bits per heavy atom. The average molecular weight is 291 g/mol. The van der Waals surface area contributed by atoms with E-state index in [2.05, 4.69) is 11.1 Å². The number of rotatable bonds is 2. The third kappa shape index (κ3) is 2.31. The van der Waals surface area contributed by atoms with Gasteiger partial charge in [0.1, 0.15) is 11.8 Å². The summed E-state index contributed by atoms with van der Waals surface area (Å²) >= 11 is 0. The lowest BCUT2D eigenvalue weighted by Gasteiger charge is -1.97. The molecule has 0 unspecified atom stereocenters. The lowest BCUT2D eigenvalue weighted by Crippen LogP contribution is -2.04. The zero-order valence-corrected chi connectivity index (χ0v) is 12.2. The van der Waals surface area contributed by atoms with Crippen molar-refractivity contribution in [3.63, 3.8) is 0 Å². The van der Waals surface area contributed by atoms with E-state index in [9.17, 15) is 4.79 Å². The number of aromatic nitrogens is 1. The second kappa shape index (κ2) is 5.34. The number of carbonyl (C=O) groups is 1. The SMILES string of the molecule is Cc1c(C=C2N=C(c3ccccc3)OC2=O)cc(C#N)n1C. The van der Waals surface area contributed by atoms with E-state index < -0.39 is 5.97 Å². The smallest absolute Gasteiger partial charge is 0.363 e. The van der Waals surface area contributed by atoms with Crippen molar-refractivity contribution < 1.29 is 9.53 Å². The van der Waals surface area contributed by atoms with Crippen molar-refractivity contribution in [2.24, 2.45) is 12.0 Å². The first-order valence-electron chi connectivity index (χ1n) is 6.74. The van der Waals surface area contributed by atoms with Gasteiger partial charge in [-0.25, -0.2) is 9.79 Å². The highest BCUT2D eigenvalue weighted by Gasteiger charge is 2.24. The highest BCUT2D eigenvalue weighted by Crippen LogP contribution is 2.22. The maximum absolute atomic E-state index is 12.0. The molecule has 0 amide bonds. The molecule has 5 heteroatoms. The Balaban J connectivity index is 2.00. The van der Waals surface area contributed by atoms with Crippen LogP contribution in [0.3, 0.4) is 0 Å². The minimum absolute atomic E-state index is 0.233. The number of cyclic esters (lactones) is 1. The molecule has 0 atom stereocenters. The molecule has 0 saturated carbocycles. The fourth-order valence-electron chi connectivity index (χ4n) is 2.24. The lowest BCUT2D eigenvalue weighted by molar-refractivity contribution is -0.129. The molecule has 0 saturated heterocycles. The Morgan fingerprint density at radius 1 is 1.32 bits per heavy atom. The van der Waals surface area contributed by atoms with Gasteiger partial charge in [0.25, 0.3) is 0 Å². The average Bonchev–Trinajstić information content (AvgIpc) is 3.03. The summed E-state index contributed by atoms with van der Waals surface area (Å²) in [7, 11) is 1.81. The summed E-state index contributed by atoms with van der Waals surface area (Å²) in [6, 6.07) is 13.1. The fraction of sp³-hybridized carbons (Fsp3) is 0.118. The van der Waals surface area contributed by atoms with E-state index >= 15 is 0 Å². The first-order chi connectivity index (χ1) is 10.6. The van der Waals surface area contributed by atoms with Gasteiger partial charge in [-0.1, -0.05) is 18.2 Å². The van der Waals surface area contributed by atoms with E-state index in [1.54, 1.807) is 16.7 Å². The largest absolute Gasteiger partial charge is 0.402 e. The summed E-state index contributed by atoms with van der Waals surface area (Å²) in [5, 5.41) is 9.05. The Hall–Kier alpha value is -3.13. The van der Waals surface area contributed by atoms with Crippen LogP contribution in [0.4, 0.5) is 0 Å². The highest BCUT2D eigenvalue weighted by molar-refractivity contribution is 6.12. The molecule has 0 aliphatic carbocycles. The maximum atomic E-state index is 12.0. The third-order valence-electron chi connectivity index (χ3n) is 3.62. The number of hydrogen-bond donors (Lipinski definition) is 0. The Bertz CT molecular complexity index is 852. The fourth-order valence-corrected chi connectivity index (χ4v) is 2.24. The van der Waals surface area contributed by atoms with Crippen molar-refractivity contribution in [2.45, 2.75) is 6.92 Å². The molecule has 0 radical (unpaired) electrons. The number of esters is 1. The van der Waals surface area contributed by atoms with Crippen LogP contribution in [0, 0.1) is 18.3 Å². The molecule has 2 heterocycles. The second-order valence-corrected chi connectivity index (χ2v) is 4.94. The molecule has 0 N–H and O–H groups in total. The normalized spacial score (nSPS) is 15.6. The predicted octanol–water partition coefficient (Wildman–Crippen LogP) is 2.55. The van der Waals surface area contributed by atoms with Gasteiger partial charge in [0.05, 0.1) is 0 Å². The number of nitriles is 1. The van der Waals surface area contributed by atoms with Gasteiger partial charge in [0, 0.05) is 18.3 Å². The van der Waals surface area contributed by atoms with Crippen molar-refractivity contribution in [3.8, 4) is 6.07 Å². The summed E-state index contributed by atoms with van der Waals surface area (Å²) in [5.74, 6) is -0.188. The van der Waals surface area contributed by atoms with Crippen molar-refractivity contribution in [1.29, 1.82) is 5.26 Å². The molecule has 2 aromatic rings. The van der Waals surface area contributed by atoms with Crippen LogP contribution in [0.15, 0.2) is 47.1 Å². The van der Waals surface area contributed by atoms with Crippen LogP contribution < -0.4 is 0 Å². The van der Waals surface area contributed by atoms with Gasteiger partial charge in [0.2, 0.25) is 5.90 Å². The maximum Gasteiger partial charge on any atom is 0.363 e. The molecule has 108 valence electrons. The van der Waals surface area contributed by atoms with Gasteiger partial charge in [-0.15, -0.1) is 0 Å². The zero-order valence-electron chi connectivity index (χ0n) is 12.2. The number of ether oxygens (including phenoxy) is 1. The van der Waals surface area contributed by atoms with Gasteiger partial charge < -0.3 is 9.30 Å². The topological polar surface area (TPSA) is 67.4 Å². The summed E-state index contributed by atoms with van der Waals surface area (Å²) in [6.45, 7) is 1.88. The van der Waals surface area contributed by atoms with Crippen LogP contribution in [-0.4, -0.2) is 16.4 Å². The number of nitrogens with zero attached hydrogens (tertiary/aromatic N) is 3. The summed E-state index contributed by atoms with van der Waals surface area (Å²) in [5.41, 5.74) is 3.19. The molecule has 1 aliphatic rings. The van der Waals surface area contributed by atoms with Crippen molar-refractivity contribution >= 4 is 17.9 Å². The standard InChI is InChI=1S/C17H13N3O2/c1-11-13(8-14(10-18)20(11)2)9-15-17(21)22-16(19-15)12-6-4-3-5-7-12/h3-9H,1-2H3. The quantitative estimate of drug-likeness (QED) is 0.631. The van der Waals surface area contributed by atoms with Crippen LogP contribution in [0.5, 0.6) is 0 Å². The lowest BCUT2D eigenvalue weighted by atomic mass is 10.2. The van der Waals surface area contributed by atoms with Crippen LogP contribution in [0.25, 0.3) is 6.08 Å². The molecular formula is C17H13N3O2. The van der Waals surface area contributed by atoms with Crippen molar-refractivity contribution in [3.05, 3.63) is 64.6 Å². The first kappa shape index (κ1) is 13.8. The summed E-state index contributed by atoms with van der Waals surface area (Å²) in [6.07, 6.45) is 1.65. The van der Waals surface area contributed by atoms with E-state index in [1.807, 2.05) is 44.3 Å². The molecule has 5 nitrogen and oxygen atoms in total. The molecular weight excluding hydrogens is 278 g/mol. The third-order valence-corrected chi connectivity index (χ3v) is 3.62. The molecule has 1 aromatic carbocycles.